The van der Waals surface area contributed by atoms with E-state index >= 15 is 0 Å². The normalized spacial score (nSPS) is 14.2. The van der Waals surface area contributed by atoms with Gasteiger partial charge in [0.2, 0.25) is 0 Å². The van der Waals surface area contributed by atoms with Gasteiger partial charge in [0.15, 0.2) is 0 Å². The molecule has 0 bridgehead atoms. The van der Waals surface area contributed by atoms with Gasteiger partial charge < -0.3 is 10.1 Å². The molecule has 0 aliphatic heterocycles. The van der Waals surface area contributed by atoms with Crippen LogP contribution in [0.25, 0.3) is 6.08 Å². The number of carbonyl (C=O) groups is 2. The Labute approximate surface area is 173 Å². The number of ether oxygens (including phenoxy) is 1. The highest BCUT2D eigenvalue weighted by atomic mass is 19.4. The van der Waals surface area contributed by atoms with E-state index in [1.54, 1.807) is 63.3 Å². The van der Waals surface area contributed by atoms with Crippen LogP contribution in [0.5, 0.6) is 0 Å². The molecule has 2 aromatic carbocycles. The molecule has 2 atom stereocenters. The molecule has 0 saturated heterocycles. The lowest BCUT2D eigenvalue weighted by atomic mass is 9.90. The van der Waals surface area contributed by atoms with Crippen molar-refractivity contribution in [1.29, 1.82) is 0 Å². The molecule has 2 rings (SSSR count). The molecule has 0 aliphatic rings. The van der Waals surface area contributed by atoms with Crippen molar-refractivity contribution in [2.45, 2.75) is 44.5 Å². The molecule has 0 aromatic heterocycles. The molecule has 1 N–H and O–H groups in total. The monoisotopic (exact) mass is 419 g/mol. The maximum absolute atomic E-state index is 12.9. The van der Waals surface area contributed by atoms with Gasteiger partial charge in [0.05, 0.1) is 0 Å². The highest BCUT2D eigenvalue weighted by Crippen LogP contribution is 2.26. The zero-order chi connectivity index (χ0) is 22.4. The number of hydrogen-bond acceptors (Lipinski definition) is 3. The van der Waals surface area contributed by atoms with Crippen molar-refractivity contribution in [1.82, 2.24) is 5.32 Å². The number of esters is 1. The van der Waals surface area contributed by atoms with E-state index in [0.29, 0.717) is 5.56 Å². The third-order valence-electron chi connectivity index (χ3n) is 4.04. The Kier molecular flexibility index (Phi) is 7.43. The Bertz CT molecular complexity index is 872. The highest BCUT2D eigenvalue weighted by Gasteiger charge is 2.43. The molecule has 0 aliphatic carbocycles. The quantitative estimate of drug-likeness (QED) is 0.680. The third-order valence-corrected chi connectivity index (χ3v) is 4.04. The van der Waals surface area contributed by atoms with E-state index in [4.69, 9.17) is 4.74 Å². The predicted molar refractivity (Wildman–Crippen MR) is 108 cm³/mol. The lowest BCUT2D eigenvalue weighted by molar-refractivity contribution is -0.177. The molecule has 0 heterocycles. The maximum Gasteiger partial charge on any atom is 0.471 e. The molecule has 0 radical (unpaired) electrons. The molecule has 30 heavy (non-hydrogen) atoms. The van der Waals surface area contributed by atoms with Gasteiger partial charge in [0.25, 0.3) is 0 Å². The van der Waals surface area contributed by atoms with Crippen LogP contribution < -0.4 is 5.32 Å². The Morgan fingerprint density at radius 1 is 0.933 bits per heavy atom. The van der Waals surface area contributed by atoms with Crippen LogP contribution in [0.15, 0.2) is 66.7 Å². The summed E-state index contributed by atoms with van der Waals surface area (Å²) < 4.78 is 44.1. The van der Waals surface area contributed by atoms with Gasteiger partial charge >= 0.3 is 18.1 Å². The average molecular weight is 419 g/mol. The highest BCUT2D eigenvalue weighted by molar-refractivity contribution is 5.88. The fourth-order valence-electron chi connectivity index (χ4n) is 2.75. The van der Waals surface area contributed by atoms with E-state index in [1.807, 2.05) is 35.6 Å². The topological polar surface area (TPSA) is 55.4 Å². The molecule has 0 saturated carbocycles. The van der Waals surface area contributed by atoms with Crippen molar-refractivity contribution in [2.24, 2.45) is 0 Å². The first-order chi connectivity index (χ1) is 14.0. The van der Waals surface area contributed by atoms with E-state index < -0.39 is 35.6 Å². The summed E-state index contributed by atoms with van der Waals surface area (Å²) >= 11 is 0. The minimum absolute atomic E-state index is 0.558. The lowest BCUT2D eigenvalue weighted by Gasteiger charge is -2.29. The first-order valence-electron chi connectivity index (χ1n) is 9.36. The fraction of sp³-hybridized carbons (Fsp3) is 0.304. The molecule has 0 spiro atoms. The SMILES string of the molecule is CC(C)(C)OC(=O)[C@@H](NC(=O)C(F)(F)F)[C@@H](/C=C/c1ccccc1)c1ccccc1. The standard InChI is InChI=1S/C23H24F3NO3/c1-22(2,3)30-20(28)19(27-21(29)23(24,25)26)18(17-12-8-5-9-13-17)15-14-16-10-6-4-7-11-16/h4-15,18-19H,1-3H3,(H,27,29)/b15-14+/t18-,19-/m0/s1. The Morgan fingerprint density at radius 2 is 1.47 bits per heavy atom. The van der Waals surface area contributed by atoms with Gasteiger partial charge in [0, 0.05) is 5.92 Å². The van der Waals surface area contributed by atoms with Crippen molar-refractivity contribution >= 4 is 18.0 Å². The average Bonchev–Trinajstić information content (AvgIpc) is 2.66. The summed E-state index contributed by atoms with van der Waals surface area (Å²) in [6.45, 7) is 4.81. The number of alkyl halides is 3. The number of halogens is 3. The third kappa shape index (κ3) is 7.06. The van der Waals surface area contributed by atoms with Gasteiger partial charge in [-0.1, -0.05) is 72.8 Å². The number of nitrogens with one attached hydrogen (secondary N) is 1. The van der Waals surface area contributed by atoms with E-state index in [-0.39, 0.29) is 0 Å². The number of benzene rings is 2. The van der Waals surface area contributed by atoms with E-state index in [1.165, 1.54) is 0 Å². The van der Waals surface area contributed by atoms with Gasteiger partial charge in [-0.25, -0.2) is 4.79 Å². The van der Waals surface area contributed by atoms with Gasteiger partial charge in [-0.15, -0.1) is 0 Å². The van der Waals surface area contributed by atoms with Crippen molar-refractivity contribution in [2.75, 3.05) is 0 Å². The van der Waals surface area contributed by atoms with Crippen molar-refractivity contribution < 1.29 is 27.5 Å². The van der Waals surface area contributed by atoms with Crippen LogP contribution in [0.3, 0.4) is 0 Å². The first-order valence-corrected chi connectivity index (χ1v) is 9.36. The van der Waals surface area contributed by atoms with Crippen LogP contribution in [0.2, 0.25) is 0 Å². The van der Waals surface area contributed by atoms with Crippen LogP contribution >= 0.6 is 0 Å². The lowest BCUT2D eigenvalue weighted by Crippen LogP contribution is -2.51. The second kappa shape index (κ2) is 9.61. The smallest absolute Gasteiger partial charge is 0.458 e. The summed E-state index contributed by atoms with van der Waals surface area (Å²) in [5, 5.41) is 1.82. The van der Waals surface area contributed by atoms with Crippen LogP contribution in [-0.2, 0) is 14.3 Å². The predicted octanol–water partition coefficient (Wildman–Crippen LogP) is 4.87. The Balaban J connectivity index is 2.48. The zero-order valence-electron chi connectivity index (χ0n) is 16.9. The van der Waals surface area contributed by atoms with Gasteiger partial charge in [-0.2, -0.15) is 13.2 Å². The zero-order valence-corrected chi connectivity index (χ0v) is 16.9. The second-order valence-corrected chi connectivity index (χ2v) is 7.69. The van der Waals surface area contributed by atoms with E-state index in [0.717, 1.165) is 5.56 Å². The second-order valence-electron chi connectivity index (χ2n) is 7.69. The van der Waals surface area contributed by atoms with Crippen molar-refractivity contribution in [3.63, 3.8) is 0 Å². The minimum Gasteiger partial charge on any atom is -0.458 e. The summed E-state index contributed by atoms with van der Waals surface area (Å²) in [7, 11) is 0. The van der Waals surface area contributed by atoms with Crippen molar-refractivity contribution in [3.05, 3.63) is 77.9 Å². The summed E-state index contributed by atoms with van der Waals surface area (Å²) in [4.78, 5) is 24.5. The number of hydrogen-bond donors (Lipinski definition) is 1. The molecular weight excluding hydrogens is 395 g/mol. The maximum atomic E-state index is 12.9. The molecule has 1 amide bonds. The van der Waals surface area contributed by atoms with E-state index in [2.05, 4.69) is 0 Å². The molecular formula is C23H24F3NO3. The van der Waals surface area contributed by atoms with Gasteiger partial charge in [-0.05, 0) is 31.9 Å². The van der Waals surface area contributed by atoms with E-state index in [9.17, 15) is 22.8 Å². The number of rotatable bonds is 6. The summed E-state index contributed by atoms with van der Waals surface area (Å²) in [5.74, 6) is -4.04. The molecule has 160 valence electrons. The molecule has 0 fully saturated rings. The fourth-order valence-corrected chi connectivity index (χ4v) is 2.75. The minimum atomic E-state index is -5.13. The number of carbonyl (C=O) groups excluding carboxylic acids is 2. The number of amides is 1. The largest absolute Gasteiger partial charge is 0.471 e. The van der Waals surface area contributed by atoms with Crippen LogP contribution in [0.1, 0.15) is 37.8 Å². The Morgan fingerprint density at radius 3 is 1.97 bits per heavy atom. The molecule has 0 unspecified atom stereocenters. The first kappa shape index (κ1) is 23.2. The Hall–Kier alpha value is -3.09. The molecule has 7 heteroatoms. The van der Waals surface area contributed by atoms with Crippen LogP contribution in [0, 0.1) is 0 Å². The summed E-state index contributed by atoms with van der Waals surface area (Å²) in [6, 6.07) is 16.0. The molecule has 4 nitrogen and oxygen atoms in total. The van der Waals surface area contributed by atoms with Crippen molar-refractivity contribution in [3.8, 4) is 0 Å². The summed E-state index contributed by atoms with van der Waals surface area (Å²) in [6.07, 6.45) is -1.85. The van der Waals surface area contributed by atoms with Gasteiger partial charge in [-0.3, -0.25) is 4.79 Å². The molecule has 2 aromatic rings. The summed E-state index contributed by atoms with van der Waals surface area (Å²) in [5.41, 5.74) is 0.411. The van der Waals surface area contributed by atoms with Crippen LogP contribution in [-0.4, -0.2) is 29.7 Å². The van der Waals surface area contributed by atoms with Crippen LogP contribution in [0.4, 0.5) is 13.2 Å². The van der Waals surface area contributed by atoms with Gasteiger partial charge in [0.1, 0.15) is 11.6 Å².